The fourth-order valence-corrected chi connectivity index (χ4v) is 3.30. The van der Waals surface area contributed by atoms with Crippen molar-refractivity contribution in [2.75, 3.05) is 5.32 Å². The van der Waals surface area contributed by atoms with Crippen LogP contribution in [0.25, 0.3) is 0 Å². The van der Waals surface area contributed by atoms with Crippen LogP contribution in [0, 0.1) is 20.8 Å². The summed E-state index contributed by atoms with van der Waals surface area (Å²) < 4.78 is 1.97. The van der Waals surface area contributed by atoms with Gasteiger partial charge in [-0.25, -0.2) is 0 Å². The monoisotopic (exact) mass is 354 g/mol. The lowest BCUT2D eigenvalue weighted by Crippen LogP contribution is -2.27. The zero-order valence-electron chi connectivity index (χ0n) is 14.2. The molecule has 0 fully saturated rings. The first-order valence-electron chi connectivity index (χ1n) is 7.82. The average molecular weight is 354 g/mol. The largest absolute Gasteiger partial charge is 0.344 e. The van der Waals surface area contributed by atoms with Gasteiger partial charge in [0.25, 0.3) is 5.91 Å². The van der Waals surface area contributed by atoms with Crippen molar-refractivity contribution in [2.45, 2.75) is 27.3 Å². The maximum Gasteiger partial charge on any atom is 0.263 e. The number of carbonyl (C=O) groups is 1. The molecule has 3 rings (SSSR count). The molecule has 0 aliphatic heterocycles. The Balaban J connectivity index is 1.97. The van der Waals surface area contributed by atoms with Crippen LogP contribution >= 0.6 is 11.3 Å². The molecule has 0 saturated carbocycles. The van der Waals surface area contributed by atoms with E-state index in [9.17, 15) is 9.59 Å². The van der Waals surface area contributed by atoms with Crippen molar-refractivity contribution in [1.29, 1.82) is 0 Å². The summed E-state index contributed by atoms with van der Waals surface area (Å²) in [6.45, 7) is 6.05. The highest BCUT2D eigenvalue weighted by Gasteiger charge is 2.19. The van der Waals surface area contributed by atoms with E-state index in [1.807, 2.05) is 41.8 Å². The summed E-state index contributed by atoms with van der Waals surface area (Å²) in [4.78, 5) is 25.0. The minimum absolute atomic E-state index is 0.134. The van der Waals surface area contributed by atoms with E-state index in [0.717, 1.165) is 16.3 Å². The highest BCUT2D eigenvalue weighted by Crippen LogP contribution is 2.16. The third-order valence-corrected chi connectivity index (χ3v) is 4.69. The second-order valence-corrected chi connectivity index (χ2v) is 6.94. The van der Waals surface area contributed by atoms with Gasteiger partial charge in [-0.2, -0.15) is 0 Å². The summed E-state index contributed by atoms with van der Waals surface area (Å²) >= 11 is 1.27. The number of benzene rings is 1. The number of carbonyl (C=O) groups excluding carboxylic acids is 1. The van der Waals surface area contributed by atoms with Crippen LogP contribution in [0.1, 0.15) is 32.3 Å². The third-order valence-electron chi connectivity index (χ3n) is 3.94. The Labute approximate surface area is 149 Å². The summed E-state index contributed by atoms with van der Waals surface area (Å²) in [5.74, 6) is -0.458. The van der Waals surface area contributed by atoms with Gasteiger partial charge in [0.15, 0.2) is 5.43 Å². The predicted octanol–water partition coefficient (Wildman–Crippen LogP) is 2.93. The highest BCUT2D eigenvalue weighted by atomic mass is 32.1. The Morgan fingerprint density at radius 1 is 1.16 bits per heavy atom. The van der Waals surface area contributed by atoms with E-state index >= 15 is 0 Å². The first-order chi connectivity index (χ1) is 12.0. The van der Waals surface area contributed by atoms with Crippen molar-refractivity contribution in [3.05, 3.63) is 74.1 Å². The van der Waals surface area contributed by atoms with Gasteiger partial charge >= 0.3 is 0 Å². The molecule has 2 heterocycles. The second-order valence-electron chi connectivity index (χ2n) is 5.76. The van der Waals surface area contributed by atoms with Crippen LogP contribution in [0.15, 0.2) is 41.2 Å². The average Bonchev–Trinajstić information content (AvgIpc) is 2.97. The van der Waals surface area contributed by atoms with E-state index in [0.29, 0.717) is 17.4 Å². The maximum atomic E-state index is 12.6. The summed E-state index contributed by atoms with van der Waals surface area (Å²) in [6, 6.07) is 11.4. The van der Waals surface area contributed by atoms with E-state index < -0.39 is 5.91 Å². The number of rotatable bonds is 4. The van der Waals surface area contributed by atoms with Gasteiger partial charge in [-0.3, -0.25) is 14.9 Å². The number of hydrogen-bond donors (Lipinski definition) is 1. The summed E-state index contributed by atoms with van der Waals surface area (Å²) in [7, 11) is 0. The third kappa shape index (κ3) is 3.66. The number of pyridine rings is 1. The van der Waals surface area contributed by atoms with Crippen molar-refractivity contribution in [2.24, 2.45) is 0 Å². The number of nitrogens with zero attached hydrogens (tertiary/aromatic N) is 3. The summed E-state index contributed by atoms with van der Waals surface area (Å²) in [5, 5.41) is 11.5. The van der Waals surface area contributed by atoms with Crippen LogP contribution in [0.4, 0.5) is 5.13 Å². The lowest BCUT2D eigenvalue weighted by Gasteiger charge is -2.17. The van der Waals surface area contributed by atoms with E-state index in [2.05, 4.69) is 15.5 Å². The minimum Gasteiger partial charge on any atom is -0.344 e. The molecule has 25 heavy (non-hydrogen) atoms. The molecule has 0 saturated heterocycles. The minimum atomic E-state index is -0.458. The van der Waals surface area contributed by atoms with Gasteiger partial charge in [0, 0.05) is 24.0 Å². The molecule has 0 aliphatic rings. The molecule has 128 valence electrons. The SMILES string of the molecule is Cc1nnc(NC(=O)c2c(C)n(Cc3ccccc3)c(C)cc2=O)s1. The highest BCUT2D eigenvalue weighted by molar-refractivity contribution is 7.15. The van der Waals surface area contributed by atoms with Gasteiger partial charge in [0.1, 0.15) is 10.6 Å². The van der Waals surface area contributed by atoms with Gasteiger partial charge < -0.3 is 4.57 Å². The smallest absolute Gasteiger partial charge is 0.263 e. The standard InChI is InChI=1S/C18H18N4O2S/c1-11-9-15(23)16(17(24)19-18-21-20-13(3)25-18)12(2)22(11)10-14-7-5-4-6-8-14/h4-9H,10H2,1-3H3,(H,19,21,24). The number of amides is 1. The fourth-order valence-electron chi connectivity index (χ4n) is 2.71. The molecular formula is C18H18N4O2S. The van der Waals surface area contributed by atoms with Crippen molar-refractivity contribution in [3.8, 4) is 0 Å². The Bertz CT molecular complexity index is 976. The van der Waals surface area contributed by atoms with E-state index in [1.54, 1.807) is 13.8 Å². The lowest BCUT2D eigenvalue weighted by molar-refractivity contribution is 0.102. The number of nitrogens with one attached hydrogen (secondary N) is 1. The first kappa shape index (κ1) is 17.0. The summed E-state index contributed by atoms with van der Waals surface area (Å²) in [6.07, 6.45) is 0. The zero-order chi connectivity index (χ0) is 18.0. The van der Waals surface area contributed by atoms with Crippen LogP contribution < -0.4 is 10.7 Å². The van der Waals surface area contributed by atoms with Crippen molar-refractivity contribution >= 4 is 22.4 Å². The van der Waals surface area contributed by atoms with Crippen molar-refractivity contribution in [1.82, 2.24) is 14.8 Å². The number of aromatic nitrogens is 3. The van der Waals surface area contributed by atoms with E-state index in [4.69, 9.17) is 0 Å². The number of anilines is 1. The quantitative estimate of drug-likeness (QED) is 0.781. The molecule has 0 atom stereocenters. The summed E-state index contributed by atoms with van der Waals surface area (Å²) in [5.41, 5.74) is 2.39. The van der Waals surface area contributed by atoms with Gasteiger partial charge in [-0.1, -0.05) is 41.7 Å². The number of aryl methyl sites for hydroxylation is 2. The lowest BCUT2D eigenvalue weighted by atomic mass is 10.1. The topological polar surface area (TPSA) is 76.9 Å². The van der Waals surface area contributed by atoms with Crippen molar-refractivity contribution < 1.29 is 4.79 Å². The second kappa shape index (κ2) is 6.98. The van der Waals surface area contributed by atoms with Gasteiger partial charge in [0.05, 0.1) is 0 Å². The van der Waals surface area contributed by atoms with Crippen LogP contribution in [0.2, 0.25) is 0 Å². The molecule has 2 aromatic heterocycles. The van der Waals surface area contributed by atoms with Crippen LogP contribution in [0.5, 0.6) is 0 Å². The predicted molar refractivity (Wildman–Crippen MR) is 98.3 cm³/mol. The van der Waals surface area contributed by atoms with E-state index in [1.165, 1.54) is 17.4 Å². The van der Waals surface area contributed by atoms with Crippen molar-refractivity contribution in [3.63, 3.8) is 0 Å². The Hall–Kier alpha value is -2.80. The molecule has 1 amide bonds. The van der Waals surface area contributed by atoms with E-state index in [-0.39, 0.29) is 11.0 Å². The van der Waals surface area contributed by atoms with Gasteiger partial charge in [-0.05, 0) is 26.3 Å². The molecule has 1 N–H and O–H groups in total. The zero-order valence-corrected chi connectivity index (χ0v) is 15.1. The molecule has 0 aliphatic carbocycles. The van der Waals surface area contributed by atoms with Crippen LogP contribution in [-0.2, 0) is 6.54 Å². The fraction of sp³-hybridized carbons (Fsp3) is 0.222. The molecule has 3 aromatic rings. The molecular weight excluding hydrogens is 336 g/mol. The maximum absolute atomic E-state index is 12.6. The van der Waals surface area contributed by atoms with Gasteiger partial charge in [0.2, 0.25) is 5.13 Å². The van der Waals surface area contributed by atoms with Crippen LogP contribution in [-0.4, -0.2) is 20.7 Å². The Morgan fingerprint density at radius 2 is 1.88 bits per heavy atom. The Kier molecular flexibility index (Phi) is 4.76. The molecule has 0 radical (unpaired) electrons. The molecule has 6 nitrogen and oxygen atoms in total. The molecule has 0 spiro atoms. The van der Waals surface area contributed by atoms with Crippen LogP contribution in [0.3, 0.4) is 0 Å². The normalized spacial score (nSPS) is 10.7. The Morgan fingerprint density at radius 3 is 2.52 bits per heavy atom. The molecule has 0 bridgehead atoms. The molecule has 0 unspecified atom stereocenters. The van der Waals surface area contributed by atoms with Gasteiger partial charge in [-0.15, -0.1) is 10.2 Å². The molecule has 7 heteroatoms. The molecule has 1 aromatic carbocycles. The number of hydrogen-bond acceptors (Lipinski definition) is 5. The first-order valence-corrected chi connectivity index (χ1v) is 8.64.